The van der Waals surface area contributed by atoms with Gasteiger partial charge in [0.25, 0.3) is 0 Å². The fraction of sp³-hybridized carbons (Fsp3) is 0.233. The molecule has 7 heteroatoms. The molecule has 0 aliphatic rings. The first-order chi connectivity index (χ1) is 17.9. The van der Waals surface area contributed by atoms with Gasteiger partial charge in [-0.05, 0) is 48.9 Å². The molecule has 0 aliphatic carbocycles. The number of esters is 1. The monoisotopic (exact) mass is 527 g/mol. The van der Waals surface area contributed by atoms with Gasteiger partial charge in [-0.25, -0.2) is 14.8 Å². The number of benzene rings is 2. The van der Waals surface area contributed by atoms with Crippen LogP contribution in [0.25, 0.3) is 32.5 Å². The van der Waals surface area contributed by atoms with E-state index < -0.39 is 0 Å². The number of ether oxygens (including phenoxy) is 1. The van der Waals surface area contributed by atoms with Gasteiger partial charge in [-0.2, -0.15) is 0 Å². The first-order valence-corrected chi connectivity index (χ1v) is 14.1. The predicted molar refractivity (Wildman–Crippen MR) is 155 cm³/mol. The molecule has 0 radical (unpaired) electrons. The molecule has 5 rings (SSSR count). The third-order valence-electron chi connectivity index (χ3n) is 6.43. The molecule has 2 aromatic carbocycles. The minimum atomic E-state index is -0.346. The molecule has 5 aromatic rings. The summed E-state index contributed by atoms with van der Waals surface area (Å²) in [6.45, 7) is 10.7. The molecule has 5 nitrogen and oxygen atoms in total. The average molecular weight is 528 g/mol. The number of nitrogens with one attached hydrogen (secondary N) is 1. The lowest BCUT2D eigenvalue weighted by atomic mass is 9.97. The van der Waals surface area contributed by atoms with Crippen LogP contribution in [0.15, 0.2) is 59.6 Å². The normalized spacial score (nSPS) is 11.3. The van der Waals surface area contributed by atoms with Crippen LogP contribution in [0.4, 0.5) is 10.8 Å². The zero-order valence-electron chi connectivity index (χ0n) is 21.6. The molecule has 37 heavy (non-hydrogen) atoms. The van der Waals surface area contributed by atoms with Gasteiger partial charge in [0, 0.05) is 21.9 Å². The highest BCUT2D eigenvalue weighted by atomic mass is 32.1. The van der Waals surface area contributed by atoms with Gasteiger partial charge in [-0.3, -0.25) is 0 Å². The zero-order valence-corrected chi connectivity index (χ0v) is 23.2. The van der Waals surface area contributed by atoms with Crippen molar-refractivity contribution in [3.05, 3.63) is 81.8 Å². The summed E-state index contributed by atoms with van der Waals surface area (Å²) in [5.74, 6) is 0.801. The summed E-state index contributed by atoms with van der Waals surface area (Å²) in [7, 11) is 0. The summed E-state index contributed by atoms with van der Waals surface area (Å²) >= 11 is 3.07. The Kier molecular flexibility index (Phi) is 7.09. The van der Waals surface area contributed by atoms with Gasteiger partial charge < -0.3 is 10.1 Å². The van der Waals surface area contributed by atoms with Crippen molar-refractivity contribution >= 4 is 49.7 Å². The van der Waals surface area contributed by atoms with Crippen molar-refractivity contribution in [3.8, 4) is 22.3 Å². The maximum Gasteiger partial charge on any atom is 0.341 e. The first kappa shape index (κ1) is 25.1. The lowest BCUT2D eigenvalue weighted by Crippen LogP contribution is -2.08. The minimum Gasteiger partial charge on any atom is -0.462 e. The van der Waals surface area contributed by atoms with E-state index in [1.54, 1.807) is 17.7 Å². The third kappa shape index (κ3) is 4.89. The number of aromatic nitrogens is 2. The molecule has 0 spiro atoms. The molecule has 0 fully saturated rings. The van der Waals surface area contributed by atoms with Gasteiger partial charge in [-0.1, -0.05) is 61.9 Å². The molecule has 0 atom stereocenters. The number of carbonyl (C=O) groups excluding carboxylic acids is 1. The van der Waals surface area contributed by atoms with Crippen molar-refractivity contribution in [1.82, 2.24) is 9.97 Å². The highest BCUT2D eigenvalue weighted by Crippen LogP contribution is 2.42. The molecular weight excluding hydrogens is 498 g/mol. The Labute approximate surface area is 225 Å². The van der Waals surface area contributed by atoms with Crippen LogP contribution in [0.1, 0.15) is 53.7 Å². The smallest absolute Gasteiger partial charge is 0.341 e. The van der Waals surface area contributed by atoms with Crippen molar-refractivity contribution in [3.63, 3.8) is 0 Å². The van der Waals surface area contributed by atoms with Gasteiger partial charge >= 0.3 is 5.97 Å². The number of carbonyl (C=O) groups is 1. The molecular formula is C30H29N3O2S2. The molecule has 0 bridgehead atoms. The quantitative estimate of drug-likeness (QED) is 0.214. The maximum atomic E-state index is 13.2. The van der Waals surface area contributed by atoms with Gasteiger partial charge in [0.2, 0.25) is 0 Å². The van der Waals surface area contributed by atoms with Crippen LogP contribution >= 0.6 is 22.7 Å². The number of fused-ring (bicyclic) bond motifs is 1. The van der Waals surface area contributed by atoms with Crippen molar-refractivity contribution in [2.75, 3.05) is 11.9 Å². The van der Waals surface area contributed by atoms with Gasteiger partial charge in [0.1, 0.15) is 27.5 Å². The van der Waals surface area contributed by atoms with E-state index in [0.717, 1.165) is 38.0 Å². The Morgan fingerprint density at radius 2 is 1.73 bits per heavy atom. The number of hydrogen-bond donors (Lipinski definition) is 1. The topological polar surface area (TPSA) is 64.1 Å². The van der Waals surface area contributed by atoms with Gasteiger partial charge in [0.05, 0.1) is 12.0 Å². The molecule has 0 unspecified atom stereocenters. The molecule has 0 amide bonds. The third-order valence-corrected chi connectivity index (χ3v) is 8.21. The lowest BCUT2D eigenvalue weighted by Gasteiger charge is -2.12. The summed E-state index contributed by atoms with van der Waals surface area (Å²) in [5.41, 5.74) is 8.20. The molecule has 0 saturated heterocycles. The van der Waals surface area contributed by atoms with Crippen LogP contribution < -0.4 is 5.32 Å². The predicted octanol–water partition coefficient (Wildman–Crippen LogP) is 8.75. The van der Waals surface area contributed by atoms with Crippen LogP contribution in [-0.2, 0) is 4.74 Å². The lowest BCUT2D eigenvalue weighted by molar-refractivity contribution is 0.0529. The first-order valence-electron chi connectivity index (χ1n) is 12.3. The maximum absolute atomic E-state index is 13.2. The Morgan fingerprint density at radius 3 is 2.43 bits per heavy atom. The van der Waals surface area contributed by atoms with E-state index >= 15 is 0 Å². The molecule has 188 valence electrons. The van der Waals surface area contributed by atoms with E-state index in [1.807, 2.05) is 12.3 Å². The fourth-order valence-corrected chi connectivity index (χ4v) is 6.37. The number of anilines is 2. The largest absolute Gasteiger partial charge is 0.462 e. The van der Waals surface area contributed by atoms with Crippen LogP contribution in [0.2, 0.25) is 0 Å². The molecule has 0 saturated carbocycles. The van der Waals surface area contributed by atoms with E-state index in [-0.39, 0.29) is 5.97 Å². The minimum absolute atomic E-state index is 0.305. The summed E-state index contributed by atoms with van der Waals surface area (Å²) in [4.78, 5) is 23.2. The van der Waals surface area contributed by atoms with Crippen LogP contribution in [0.3, 0.4) is 0 Å². The van der Waals surface area contributed by atoms with E-state index in [1.165, 1.54) is 22.5 Å². The molecule has 3 heterocycles. The second kappa shape index (κ2) is 10.4. The highest BCUT2D eigenvalue weighted by molar-refractivity contribution is 7.17. The number of hydrogen-bond acceptors (Lipinski definition) is 7. The Morgan fingerprint density at radius 1 is 0.973 bits per heavy atom. The Bertz CT molecular complexity index is 1580. The van der Waals surface area contributed by atoms with Crippen molar-refractivity contribution in [1.29, 1.82) is 0 Å². The molecule has 3 aromatic heterocycles. The summed E-state index contributed by atoms with van der Waals surface area (Å²) in [5, 5.41) is 9.27. The van der Waals surface area contributed by atoms with Crippen LogP contribution in [0, 0.1) is 13.8 Å². The molecule has 0 aliphatic heterocycles. The van der Waals surface area contributed by atoms with Crippen molar-refractivity contribution in [2.24, 2.45) is 0 Å². The SMILES string of the molecule is CCOC(=O)c1c(-c2ccc(C)cc2C)csc1Nc1ncnc2scc(-c3ccc(C(C)C)cc3)c12. The average Bonchev–Trinajstić information content (AvgIpc) is 3.49. The summed E-state index contributed by atoms with van der Waals surface area (Å²) in [6, 6.07) is 14.9. The van der Waals surface area contributed by atoms with Crippen LogP contribution in [0.5, 0.6) is 0 Å². The van der Waals surface area contributed by atoms with E-state index in [0.29, 0.717) is 28.9 Å². The molecule has 1 N–H and O–H groups in total. The number of thiophene rings is 2. The number of nitrogens with zero attached hydrogens (tertiary/aromatic N) is 2. The van der Waals surface area contributed by atoms with Crippen molar-refractivity contribution in [2.45, 2.75) is 40.5 Å². The zero-order chi connectivity index (χ0) is 26.1. The second-order valence-electron chi connectivity index (χ2n) is 9.35. The second-order valence-corrected chi connectivity index (χ2v) is 11.1. The van der Waals surface area contributed by atoms with Crippen LogP contribution in [-0.4, -0.2) is 22.5 Å². The van der Waals surface area contributed by atoms with E-state index in [9.17, 15) is 4.79 Å². The fourth-order valence-electron chi connectivity index (χ4n) is 4.51. The van der Waals surface area contributed by atoms with E-state index in [2.05, 4.69) is 90.8 Å². The number of rotatable bonds is 7. The van der Waals surface area contributed by atoms with Gasteiger partial charge in [0.15, 0.2) is 0 Å². The highest BCUT2D eigenvalue weighted by Gasteiger charge is 2.24. The standard InChI is InChI=1S/C30H29N3O2S2/c1-6-35-30(34)26-24(22-12-7-18(4)13-19(22)5)15-37-29(26)33-27-25-23(14-36-28(25)32-16-31-27)21-10-8-20(9-11-21)17(2)3/h7-17H,6H2,1-5H3,(H,31,32,33). The Balaban J connectivity index is 1.61. The van der Waals surface area contributed by atoms with Crippen molar-refractivity contribution < 1.29 is 9.53 Å². The Hall–Kier alpha value is -3.55. The van der Waals surface area contributed by atoms with Gasteiger partial charge in [-0.15, -0.1) is 22.7 Å². The number of aryl methyl sites for hydroxylation is 2. The summed E-state index contributed by atoms with van der Waals surface area (Å²) < 4.78 is 5.48. The van der Waals surface area contributed by atoms with E-state index in [4.69, 9.17) is 4.74 Å². The summed E-state index contributed by atoms with van der Waals surface area (Å²) in [6.07, 6.45) is 1.56.